The van der Waals surface area contributed by atoms with Gasteiger partial charge in [0.05, 0.1) is 11.3 Å². The number of hydrogen-bond donors (Lipinski definition) is 1. The summed E-state index contributed by atoms with van der Waals surface area (Å²) >= 11 is 1.49. The highest BCUT2D eigenvalue weighted by atomic mass is 32.2. The molecule has 2 saturated carbocycles. The fraction of sp³-hybridized carbons (Fsp3) is 0.882. The largest absolute Gasteiger partial charge is 0.352 e. The lowest BCUT2D eigenvalue weighted by molar-refractivity contribution is -0.121. The smallest absolute Gasteiger partial charge is 0.233 e. The van der Waals surface area contributed by atoms with Crippen molar-refractivity contribution in [3.8, 4) is 0 Å². The van der Waals surface area contributed by atoms with Crippen LogP contribution in [0.3, 0.4) is 0 Å². The molecule has 1 amide bonds. The molecule has 0 aliphatic heterocycles. The Bertz CT molecular complexity index is 521. The molecule has 7 heteroatoms. The van der Waals surface area contributed by atoms with Crippen LogP contribution in [0, 0.1) is 0 Å². The maximum Gasteiger partial charge on any atom is 0.233 e. The van der Waals surface area contributed by atoms with Gasteiger partial charge in [0, 0.05) is 6.04 Å². The van der Waals surface area contributed by atoms with E-state index in [9.17, 15) is 4.79 Å². The van der Waals surface area contributed by atoms with Crippen LogP contribution in [-0.4, -0.2) is 37.4 Å². The van der Waals surface area contributed by atoms with Gasteiger partial charge in [-0.1, -0.05) is 56.7 Å². The van der Waals surface area contributed by atoms with E-state index in [1.54, 1.807) is 0 Å². The molecule has 1 heterocycles. The second-order valence-corrected chi connectivity index (χ2v) is 8.46. The quantitative estimate of drug-likeness (QED) is 0.649. The second kappa shape index (κ2) is 8.83. The Kier molecular flexibility index (Phi) is 6.51. The van der Waals surface area contributed by atoms with Crippen molar-refractivity contribution in [1.82, 2.24) is 25.5 Å². The van der Waals surface area contributed by atoms with Crippen molar-refractivity contribution in [2.24, 2.45) is 0 Å². The van der Waals surface area contributed by atoms with E-state index in [0.29, 0.717) is 12.1 Å². The molecular weight excluding hydrogens is 322 g/mol. The van der Waals surface area contributed by atoms with E-state index in [1.807, 2.05) is 11.6 Å². The van der Waals surface area contributed by atoms with Crippen molar-refractivity contribution in [3.63, 3.8) is 0 Å². The first kappa shape index (κ1) is 17.7. The minimum atomic E-state index is -0.165. The van der Waals surface area contributed by atoms with Gasteiger partial charge >= 0.3 is 0 Å². The summed E-state index contributed by atoms with van der Waals surface area (Å²) in [7, 11) is 0. The van der Waals surface area contributed by atoms with Crippen LogP contribution in [0.1, 0.15) is 83.6 Å². The van der Waals surface area contributed by atoms with Gasteiger partial charge in [-0.3, -0.25) is 4.79 Å². The fourth-order valence-electron chi connectivity index (χ4n) is 3.77. The minimum absolute atomic E-state index is 0.116. The molecule has 1 atom stereocenters. The third-order valence-electron chi connectivity index (χ3n) is 5.24. The maximum atomic E-state index is 12.5. The summed E-state index contributed by atoms with van der Waals surface area (Å²) in [6, 6.07) is 0.741. The van der Waals surface area contributed by atoms with Gasteiger partial charge in [-0.25, -0.2) is 4.68 Å². The van der Waals surface area contributed by atoms with E-state index in [4.69, 9.17) is 0 Å². The highest BCUT2D eigenvalue weighted by Crippen LogP contribution is 2.31. The van der Waals surface area contributed by atoms with Crippen molar-refractivity contribution >= 4 is 17.7 Å². The van der Waals surface area contributed by atoms with Gasteiger partial charge < -0.3 is 5.32 Å². The molecule has 2 fully saturated rings. The molecule has 24 heavy (non-hydrogen) atoms. The van der Waals surface area contributed by atoms with Crippen molar-refractivity contribution < 1.29 is 4.79 Å². The van der Waals surface area contributed by atoms with E-state index < -0.39 is 0 Å². The summed E-state index contributed by atoms with van der Waals surface area (Å²) in [5, 5.41) is 16.0. The standard InChI is InChI=1S/C17H29N5OS/c1-13(16(23)18-14-9-5-2-3-6-10-14)24-17-19-20-21-22(17)15-11-7-4-8-12-15/h13-15H,2-12H2,1H3,(H,18,23)/t13-/m0/s1. The van der Waals surface area contributed by atoms with Crippen LogP contribution < -0.4 is 5.32 Å². The summed E-state index contributed by atoms with van der Waals surface area (Å²) in [6.45, 7) is 1.95. The number of rotatable bonds is 5. The Balaban J connectivity index is 1.55. The SMILES string of the molecule is C[C@H](Sc1nnnn1C1CCCCC1)C(=O)NC1CCCCCC1. The second-order valence-electron chi connectivity index (χ2n) is 7.16. The van der Waals surface area contributed by atoms with Crippen molar-refractivity contribution in [1.29, 1.82) is 0 Å². The molecule has 0 spiro atoms. The van der Waals surface area contributed by atoms with Gasteiger partial charge in [-0.05, 0) is 43.0 Å². The predicted molar refractivity (Wildman–Crippen MR) is 94.9 cm³/mol. The zero-order valence-electron chi connectivity index (χ0n) is 14.6. The number of hydrogen-bond acceptors (Lipinski definition) is 5. The average Bonchev–Trinajstić information content (AvgIpc) is 2.91. The summed E-state index contributed by atoms with van der Waals surface area (Å²) in [5.74, 6) is 0.116. The lowest BCUT2D eigenvalue weighted by Crippen LogP contribution is -2.39. The van der Waals surface area contributed by atoms with Gasteiger partial charge in [0.15, 0.2) is 0 Å². The molecule has 2 aliphatic carbocycles. The molecule has 1 aromatic heterocycles. The number of thioether (sulfide) groups is 1. The molecule has 0 saturated heterocycles. The van der Waals surface area contributed by atoms with Gasteiger partial charge in [0.25, 0.3) is 0 Å². The first-order chi connectivity index (χ1) is 11.7. The molecule has 3 rings (SSSR count). The number of amides is 1. The monoisotopic (exact) mass is 351 g/mol. The lowest BCUT2D eigenvalue weighted by atomic mass is 9.96. The van der Waals surface area contributed by atoms with Crippen molar-refractivity contribution in [2.45, 2.75) is 100 Å². The molecule has 2 aliphatic rings. The Morgan fingerprint density at radius 3 is 2.42 bits per heavy atom. The van der Waals surface area contributed by atoms with Crippen LogP contribution in [0.5, 0.6) is 0 Å². The summed E-state index contributed by atoms with van der Waals surface area (Å²) in [4.78, 5) is 12.5. The molecule has 134 valence electrons. The Hall–Kier alpha value is -1.11. The Morgan fingerprint density at radius 1 is 1.08 bits per heavy atom. The zero-order chi connectivity index (χ0) is 16.8. The molecule has 0 unspecified atom stereocenters. The third-order valence-corrected chi connectivity index (χ3v) is 6.28. The Morgan fingerprint density at radius 2 is 1.71 bits per heavy atom. The van der Waals surface area contributed by atoms with Crippen LogP contribution in [0.25, 0.3) is 0 Å². The average molecular weight is 352 g/mol. The highest BCUT2D eigenvalue weighted by Gasteiger charge is 2.25. The molecule has 0 aromatic carbocycles. The summed E-state index contributed by atoms with van der Waals surface area (Å²) < 4.78 is 1.94. The predicted octanol–water partition coefficient (Wildman–Crippen LogP) is 3.50. The van der Waals surface area contributed by atoms with Gasteiger partial charge in [-0.15, -0.1) is 5.10 Å². The number of carbonyl (C=O) groups is 1. The van der Waals surface area contributed by atoms with Crippen molar-refractivity contribution in [2.75, 3.05) is 0 Å². The highest BCUT2D eigenvalue weighted by molar-refractivity contribution is 8.00. The molecule has 0 radical (unpaired) electrons. The molecule has 1 aromatic rings. The number of carbonyl (C=O) groups excluding carboxylic acids is 1. The van der Waals surface area contributed by atoms with E-state index >= 15 is 0 Å². The summed E-state index contributed by atoms with van der Waals surface area (Å²) in [6.07, 6.45) is 13.4. The number of nitrogens with one attached hydrogen (secondary N) is 1. The molecule has 0 bridgehead atoms. The third kappa shape index (κ3) is 4.71. The summed E-state index contributed by atoms with van der Waals surface area (Å²) in [5.41, 5.74) is 0. The number of aromatic nitrogens is 4. The Labute approximate surface area is 148 Å². The van der Waals surface area contributed by atoms with Crippen LogP contribution in [-0.2, 0) is 4.79 Å². The first-order valence-corrected chi connectivity index (χ1v) is 10.4. The van der Waals surface area contributed by atoms with E-state index in [1.165, 1.54) is 56.7 Å². The topological polar surface area (TPSA) is 72.7 Å². The lowest BCUT2D eigenvalue weighted by Gasteiger charge is -2.23. The van der Waals surface area contributed by atoms with Gasteiger partial charge in [-0.2, -0.15) is 0 Å². The van der Waals surface area contributed by atoms with E-state index in [0.717, 1.165) is 30.8 Å². The molecule has 1 N–H and O–H groups in total. The van der Waals surface area contributed by atoms with Crippen LogP contribution in [0.2, 0.25) is 0 Å². The van der Waals surface area contributed by atoms with E-state index in [-0.39, 0.29) is 11.2 Å². The van der Waals surface area contributed by atoms with Gasteiger partial charge in [0.2, 0.25) is 11.1 Å². The maximum absolute atomic E-state index is 12.5. The molecular formula is C17H29N5OS. The number of nitrogens with zero attached hydrogens (tertiary/aromatic N) is 4. The van der Waals surface area contributed by atoms with Crippen LogP contribution >= 0.6 is 11.8 Å². The van der Waals surface area contributed by atoms with Crippen LogP contribution in [0.15, 0.2) is 5.16 Å². The van der Waals surface area contributed by atoms with E-state index in [2.05, 4.69) is 20.8 Å². The fourth-order valence-corrected chi connectivity index (χ4v) is 4.64. The zero-order valence-corrected chi connectivity index (χ0v) is 15.4. The van der Waals surface area contributed by atoms with Crippen LogP contribution in [0.4, 0.5) is 0 Å². The van der Waals surface area contributed by atoms with Gasteiger partial charge in [0.1, 0.15) is 0 Å². The number of tetrazole rings is 1. The first-order valence-electron chi connectivity index (χ1n) is 9.49. The van der Waals surface area contributed by atoms with Crippen molar-refractivity contribution in [3.05, 3.63) is 0 Å². The minimum Gasteiger partial charge on any atom is -0.352 e. The molecule has 6 nitrogen and oxygen atoms in total. The normalized spacial score (nSPS) is 22.0.